The smallest absolute Gasteiger partial charge is 0.317 e. The summed E-state index contributed by atoms with van der Waals surface area (Å²) < 4.78 is 1.57. The van der Waals surface area contributed by atoms with E-state index in [1.54, 1.807) is 23.1 Å². The Labute approximate surface area is 147 Å². The molecule has 0 saturated carbocycles. The molecule has 2 heterocycles. The average molecular weight is 341 g/mol. The summed E-state index contributed by atoms with van der Waals surface area (Å²) in [6.07, 6.45) is 4.44. The van der Waals surface area contributed by atoms with Crippen LogP contribution < -0.4 is 10.6 Å². The molecule has 0 aliphatic carbocycles. The Balaban J connectivity index is 1.50. The highest BCUT2D eigenvalue weighted by atomic mass is 16.2. The van der Waals surface area contributed by atoms with Gasteiger partial charge in [-0.3, -0.25) is 9.48 Å². The van der Waals surface area contributed by atoms with Gasteiger partial charge in [0.15, 0.2) is 0 Å². The molecule has 7 nitrogen and oxygen atoms in total. The standard InChI is InChI=1S/C18H23N5O2/c1-14-6-9-22(12-14)18(25)19-11-15-4-2-5-16(10-15)21-17(24)13-23-8-3-7-20-23/h2-5,7-8,10,14H,6,9,11-13H2,1H3,(H,19,25)(H,21,24). The quantitative estimate of drug-likeness (QED) is 0.874. The fourth-order valence-corrected chi connectivity index (χ4v) is 2.91. The van der Waals surface area contributed by atoms with Crippen molar-refractivity contribution < 1.29 is 9.59 Å². The van der Waals surface area contributed by atoms with Gasteiger partial charge in [-0.25, -0.2) is 4.79 Å². The molecule has 2 N–H and O–H groups in total. The van der Waals surface area contributed by atoms with Gasteiger partial charge in [0.05, 0.1) is 0 Å². The zero-order valence-electron chi connectivity index (χ0n) is 14.3. The van der Waals surface area contributed by atoms with Gasteiger partial charge >= 0.3 is 6.03 Å². The molecule has 7 heteroatoms. The van der Waals surface area contributed by atoms with Gasteiger partial charge in [0.25, 0.3) is 0 Å². The van der Waals surface area contributed by atoms with E-state index in [4.69, 9.17) is 0 Å². The van der Waals surface area contributed by atoms with Crippen LogP contribution in [0.15, 0.2) is 42.7 Å². The largest absolute Gasteiger partial charge is 0.334 e. The van der Waals surface area contributed by atoms with E-state index in [1.165, 1.54) is 0 Å². The summed E-state index contributed by atoms with van der Waals surface area (Å²) in [4.78, 5) is 26.0. The first kappa shape index (κ1) is 17.0. The minimum atomic E-state index is -0.143. The molecular formula is C18H23N5O2. The third-order valence-corrected chi connectivity index (χ3v) is 4.23. The summed E-state index contributed by atoms with van der Waals surface area (Å²) in [6.45, 7) is 4.39. The number of anilines is 1. The molecule has 1 aromatic heterocycles. The van der Waals surface area contributed by atoms with Crippen LogP contribution >= 0.6 is 0 Å². The third kappa shape index (κ3) is 4.82. The second-order valence-corrected chi connectivity index (χ2v) is 6.45. The van der Waals surface area contributed by atoms with Crippen molar-refractivity contribution in [1.82, 2.24) is 20.0 Å². The van der Waals surface area contributed by atoms with Crippen LogP contribution in [0, 0.1) is 5.92 Å². The molecule has 1 aliphatic rings. The van der Waals surface area contributed by atoms with Crippen LogP contribution in [0.1, 0.15) is 18.9 Å². The zero-order valence-corrected chi connectivity index (χ0v) is 14.3. The Hall–Kier alpha value is -2.83. The van der Waals surface area contributed by atoms with Crippen LogP contribution in [0.3, 0.4) is 0 Å². The Kier molecular flexibility index (Phi) is 5.33. The van der Waals surface area contributed by atoms with E-state index >= 15 is 0 Å². The first-order chi connectivity index (χ1) is 12.1. The number of hydrogen-bond acceptors (Lipinski definition) is 3. The monoisotopic (exact) mass is 341 g/mol. The number of benzene rings is 1. The van der Waals surface area contributed by atoms with Crippen molar-refractivity contribution >= 4 is 17.6 Å². The van der Waals surface area contributed by atoms with Gasteiger partial charge in [-0.2, -0.15) is 5.10 Å². The number of hydrogen-bond donors (Lipinski definition) is 2. The molecule has 132 valence electrons. The lowest BCUT2D eigenvalue weighted by molar-refractivity contribution is -0.116. The van der Waals surface area contributed by atoms with Crippen LogP contribution in [0.25, 0.3) is 0 Å². The van der Waals surface area contributed by atoms with Gasteiger partial charge in [0, 0.05) is 37.7 Å². The van der Waals surface area contributed by atoms with Gasteiger partial charge < -0.3 is 15.5 Å². The van der Waals surface area contributed by atoms with Crippen molar-refractivity contribution in [3.05, 3.63) is 48.3 Å². The van der Waals surface area contributed by atoms with Crippen LogP contribution in [-0.2, 0) is 17.9 Å². The summed E-state index contributed by atoms with van der Waals surface area (Å²) in [5.74, 6) is 0.426. The number of urea groups is 1. The Bertz CT molecular complexity index is 729. The maximum Gasteiger partial charge on any atom is 0.317 e. The fraction of sp³-hybridized carbons (Fsp3) is 0.389. The number of nitrogens with zero attached hydrogens (tertiary/aromatic N) is 3. The summed E-state index contributed by atoms with van der Waals surface area (Å²) in [5.41, 5.74) is 1.65. The SMILES string of the molecule is CC1CCN(C(=O)NCc2cccc(NC(=O)Cn3cccn3)c2)C1. The van der Waals surface area contributed by atoms with Crippen LogP contribution in [0.4, 0.5) is 10.5 Å². The molecule has 0 spiro atoms. The number of nitrogens with one attached hydrogen (secondary N) is 2. The number of carbonyl (C=O) groups excluding carboxylic acids is 2. The number of amides is 3. The highest BCUT2D eigenvalue weighted by Gasteiger charge is 2.22. The molecule has 25 heavy (non-hydrogen) atoms. The first-order valence-corrected chi connectivity index (χ1v) is 8.49. The molecular weight excluding hydrogens is 318 g/mol. The number of likely N-dealkylation sites (tertiary alicyclic amines) is 1. The van der Waals surface area contributed by atoms with Crippen LogP contribution in [0.5, 0.6) is 0 Å². The van der Waals surface area contributed by atoms with Crippen LogP contribution in [0.2, 0.25) is 0 Å². The number of aromatic nitrogens is 2. The van der Waals surface area contributed by atoms with Crippen LogP contribution in [-0.4, -0.2) is 39.7 Å². The Morgan fingerprint density at radius 2 is 2.20 bits per heavy atom. The average Bonchev–Trinajstić information content (AvgIpc) is 3.24. The van der Waals surface area contributed by atoms with Gasteiger partial charge in [-0.15, -0.1) is 0 Å². The molecule has 3 rings (SSSR count). The molecule has 1 aromatic carbocycles. The lowest BCUT2D eigenvalue weighted by atomic mass is 10.2. The van der Waals surface area contributed by atoms with E-state index < -0.39 is 0 Å². The molecule has 1 unspecified atom stereocenters. The highest BCUT2D eigenvalue weighted by Crippen LogP contribution is 2.15. The lowest BCUT2D eigenvalue weighted by Crippen LogP contribution is -2.37. The van der Waals surface area contributed by atoms with E-state index in [0.717, 1.165) is 25.1 Å². The second-order valence-electron chi connectivity index (χ2n) is 6.45. The predicted molar refractivity (Wildman–Crippen MR) is 94.9 cm³/mol. The third-order valence-electron chi connectivity index (χ3n) is 4.23. The molecule has 1 fully saturated rings. The predicted octanol–water partition coefficient (Wildman–Crippen LogP) is 2.07. The molecule has 2 aromatic rings. The maximum atomic E-state index is 12.1. The molecule has 1 aliphatic heterocycles. The highest BCUT2D eigenvalue weighted by molar-refractivity contribution is 5.90. The lowest BCUT2D eigenvalue weighted by Gasteiger charge is -2.17. The summed E-state index contributed by atoms with van der Waals surface area (Å²) in [7, 11) is 0. The minimum Gasteiger partial charge on any atom is -0.334 e. The summed E-state index contributed by atoms with van der Waals surface area (Å²) in [5, 5.41) is 9.80. The number of carbonyl (C=O) groups is 2. The molecule has 1 saturated heterocycles. The van der Waals surface area contributed by atoms with E-state index in [0.29, 0.717) is 18.2 Å². The van der Waals surface area contributed by atoms with Gasteiger partial charge in [-0.1, -0.05) is 19.1 Å². The van der Waals surface area contributed by atoms with Gasteiger partial charge in [-0.05, 0) is 36.1 Å². The fourth-order valence-electron chi connectivity index (χ4n) is 2.91. The van der Waals surface area contributed by atoms with E-state index in [9.17, 15) is 9.59 Å². The molecule has 0 bridgehead atoms. The first-order valence-electron chi connectivity index (χ1n) is 8.49. The van der Waals surface area contributed by atoms with E-state index in [1.807, 2.05) is 29.2 Å². The van der Waals surface area contributed by atoms with E-state index in [2.05, 4.69) is 22.7 Å². The van der Waals surface area contributed by atoms with Crippen molar-refractivity contribution in [2.75, 3.05) is 18.4 Å². The van der Waals surface area contributed by atoms with Gasteiger partial charge in [0.1, 0.15) is 6.54 Å². The molecule has 3 amide bonds. The Morgan fingerprint density at radius 1 is 1.32 bits per heavy atom. The minimum absolute atomic E-state index is 0.0301. The van der Waals surface area contributed by atoms with E-state index in [-0.39, 0.29) is 18.5 Å². The second kappa shape index (κ2) is 7.83. The molecule has 0 radical (unpaired) electrons. The van der Waals surface area contributed by atoms with Gasteiger partial charge in [0.2, 0.25) is 5.91 Å². The normalized spacial score (nSPS) is 16.7. The maximum absolute atomic E-state index is 12.1. The van der Waals surface area contributed by atoms with Crippen molar-refractivity contribution in [2.24, 2.45) is 5.92 Å². The summed E-state index contributed by atoms with van der Waals surface area (Å²) >= 11 is 0. The van der Waals surface area contributed by atoms with Crippen molar-refractivity contribution in [3.63, 3.8) is 0 Å². The summed E-state index contributed by atoms with van der Waals surface area (Å²) in [6, 6.07) is 9.23. The topological polar surface area (TPSA) is 79.3 Å². The molecule has 1 atom stereocenters. The van der Waals surface area contributed by atoms with Crippen molar-refractivity contribution in [3.8, 4) is 0 Å². The van der Waals surface area contributed by atoms with Crippen molar-refractivity contribution in [1.29, 1.82) is 0 Å². The number of rotatable bonds is 5. The Morgan fingerprint density at radius 3 is 2.92 bits per heavy atom. The van der Waals surface area contributed by atoms with Crippen molar-refractivity contribution in [2.45, 2.75) is 26.4 Å². The zero-order chi connectivity index (χ0) is 17.6.